The fourth-order valence-corrected chi connectivity index (χ4v) is 2.51. The fourth-order valence-electron chi connectivity index (χ4n) is 1.36. The highest BCUT2D eigenvalue weighted by molar-refractivity contribution is 7.92. The molecule has 0 atom stereocenters. The number of amides is 1. The number of nitrogens with one attached hydrogen (secondary N) is 2. The van der Waals surface area contributed by atoms with E-state index in [1.54, 1.807) is 31.2 Å². The highest BCUT2D eigenvalue weighted by Gasteiger charge is 2.11. The van der Waals surface area contributed by atoms with Crippen LogP contribution >= 0.6 is 0 Å². The number of para-hydroxylation sites is 2. The summed E-state index contributed by atoms with van der Waals surface area (Å²) in [6.07, 6.45) is 0.539. The molecule has 5 nitrogen and oxygen atoms in total. The lowest BCUT2D eigenvalue weighted by atomic mass is 10.3. The van der Waals surface area contributed by atoms with E-state index in [4.69, 9.17) is 0 Å². The van der Waals surface area contributed by atoms with Crippen molar-refractivity contribution in [2.75, 3.05) is 15.8 Å². The van der Waals surface area contributed by atoms with Gasteiger partial charge >= 0.3 is 0 Å². The third-order valence-electron chi connectivity index (χ3n) is 1.98. The fraction of sp³-hybridized carbons (Fsp3) is 0.364. The van der Waals surface area contributed by atoms with E-state index in [0.29, 0.717) is 17.8 Å². The van der Waals surface area contributed by atoms with Crippen LogP contribution in [0.3, 0.4) is 0 Å². The number of anilines is 2. The molecule has 0 aliphatic rings. The molecule has 0 unspecified atom stereocenters. The summed E-state index contributed by atoms with van der Waals surface area (Å²) < 4.78 is 25.7. The Balaban J connectivity index is 2.94. The van der Waals surface area contributed by atoms with Crippen molar-refractivity contribution >= 4 is 27.3 Å². The van der Waals surface area contributed by atoms with Crippen LogP contribution in [0, 0.1) is 0 Å². The summed E-state index contributed by atoms with van der Waals surface area (Å²) in [7, 11) is -3.34. The molecular formula is C11H16N2O3S. The van der Waals surface area contributed by atoms with Gasteiger partial charge in [-0.25, -0.2) is 8.42 Å². The van der Waals surface area contributed by atoms with Crippen LogP contribution in [0.25, 0.3) is 0 Å². The predicted octanol–water partition coefficient (Wildman–Crippen LogP) is 1.80. The van der Waals surface area contributed by atoms with E-state index in [1.165, 1.54) is 6.92 Å². The zero-order chi connectivity index (χ0) is 12.9. The number of hydrogen-bond donors (Lipinski definition) is 2. The lowest BCUT2D eigenvalue weighted by Gasteiger charge is -2.12. The van der Waals surface area contributed by atoms with Gasteiger partial charge in [-0.15, -0.1) is 0 Å². The minimum atomic E-state index is -3.34. The smallest absolute Gasteiger partial charge is 0.232 e. The molecule has 1 aromatic carbocycles. The van der Waals surface area contributed by atoms with Crippen LogP contribution in [0.5, 0.6) is 0 Å². The molecule has 0 bridgehead atoms. The molecule has 0 saturated heterocycles. The van der Waals surface area contributed by atoms with E-state index < -0.39 is 10.0 Å². The Morgan fingerprint density at radius 3 is 2.35 bits per heavy atom. The first-order valence-electron chi connectivity index (χ1n) is 5.31. The van der Waals surface area contributed by atoms with E-state index in [0.717, 1.165) is 0 Å². The van der Waals surface area contributed by atoms with Gasteiger partial charge in [0, 0.05) is 6.92 Å². The molecule has 1 rings (SSSR count). The quantitative estimate of drug-likeness (QED) is 0.843. The Kier molecular flexibility index (Phi) is 4.51. The average Bonchev–Trinajstić information content (AvgIpc) is 2.19. The van der Waals surface area contributed by atoms with Crippen LogP contribution in [0.2, 0.25) is 0 Å². The zero-order valence-electron chi connectivity index (χ0n) is 9.86. The Bertz CT molecular complexity index is 497. The van der Waals surface area contributed by atoms with Crippen molar-refractivity contribution in [1.29, 1.82) is 0 Å². The van der Waals surface area contributed by atoms with Gasteiger partial charge in [-0.1, -0.05) is 19.1 Å². The van der Waals surface area contributed by atoms with Gasteiger partial charge in [-0.05, 0) is 18.6 Å². The van der Waals surface area contributed by atoms with Gasteiger partial charge in [-0.2, -0.15) is 0 Å². The summed E-state index contributed by atoms with van der Waals surface area (Å²) in [5.41, 5.74) is 0.843. The van der Waals surface area contributed by atoms with Crippen molar-refractivity contribution in [3.63, 3.8) is 0 Å². The molecule has 0 spiro atoms. The van der Waals surface area contributed by atoms with E-state index in [-0.39, 0.29) is 11.7 Å². The first kappa shape index (κ1) is 13.5. The van der Waals surface area contributed by atoms with Gasteiger partial charge in [0.05, 0.1) is 17.1 Å². The molecule has 94 valence electrons. The maximum absolute atomic E-state index is 11.6. The second kappa shape index (κ2) is 5.67. The number of sulfonamides is 1. The van der Waals surface area contributed by atoms with Gasteiger partial charge in [0.2, 0.25) is 15.9 Å². The summed E-state index contributed by atoms with van der Waals surface area (Å²) in [6.45, 7) is 3.16. The first-order valence-corrected chi connectivity index (χ1v) is 6.97. The third-order valence-corrected chi connectivity index (χ3v) is 3.45. The summed E-state index contributed by atoms with van der Waals surface area (Å²) in [5, 5.41) is 2.57. The molecule has 0 aliphatic heterocycles. The van der Waals surface area contributed by atoms with Gasteiger partial charge in [0.15, 0.2) is 0 Å². The molecule has 6 heteroatoms. The minimum Gasteiger partial charge on any atom is -0.325 e. The Morgan fingerprint density at radius 2 is 1.82 bits per heavy atom. The summed E-state index contributed by atoms with van der Waals surface area (Å²) in [6, 6.07) is 6.68. The second-order valence-electron chi connectivity index (χ2n) is 3.65. The summed E-state index contributed by atoms with van der Waals surface area (Å²) in [5.74, 6) is -0.186. The van der Waals surface area contributed by atoms with Crippen LogP contribution < -0.4 is 10.0 Å². The topological polar surface area (TPSA) is 75.3 Å². The Hall–Kier alpha value is -1.56. The molecular weight excluding hydrogens is 240 g/mol. The van der Waals surface area contributed by atoms with Crippen molar-refractivity contribution in [3.05, 3.63) is 24.3 Å². The molecule has 2 N–H and O–H groups in total. The van der Waals surface area contributed by atoms with E-state index in [2.05, 4.69) is 10.0 Å². The molecule has 0 aromatic heterocycles. The standard InChI is InChI=1S/C11H16N2O3S/c1-3-8-17(15,16)13-11-7-5-4-6-10(11)12-9(2)14/h4-7,13H,3,8H2,1-2H3,(H,12,14). The van der Waals surface area contributed by atoms with Crippen LogP contribution in [-0.2, 0) is 14.8 Å². The van der Waals surface area contributed by atoms with Crippen LogP contribution in [0.1, 0.15) is 20.3 Å². The van der Waals surface area contributed by atoms with E-state index >= 15 is 0 Å². The zero-order valence-corrected chi connectivity index (χ0v) is 10.7. The van der Waals surface area contributed by atoms with Crippen LogP contribution in [0.15, 0.2) is 24.3 Å². The number of rotatable bonds is 5. The van der Waals surface area contributed by atoms with Crippen molar-refractivity contribution in [3.8, 4) is 0 Å². The van der Waals surface area contributed by atoms with Gasteiger partial charge in [0.25, 0.3) is 0 Å². The Morgan fingerprint density at radius 1 is 1.24 bits per heavy atom. The number of hydrogen-bond acceptors (Lipinski definition) is 3. The number of benzene rings is 1. The van der Waals surface area contributed by atoms with Gasteiger partial charge in [-0.3, -0.25) is 9.52 Å². The maximum Gasteiger partial charge on any atom is 0.232 e. The number of carbonyl (C=O) groups excluding carboxylic acids is 1. The molecule has 0 saturated carbocycles. The Labute approximate surface area is 101 Å². The highest BCUT2D eigenvalue weighted by Crippen LogP contribution is 2.22. The van der Waals surface area contributed by atoms with Crippen LogP contribution in [0.4, 0.5) is 11.4 Å². The van der Waals surface area contributed by atoms with Gasteiger partial charge in [0.1, 0.15) is 0 Å². The molecule has 1 amide bonds. The number of carbonyl (C=O) groups is 1. The highest BCUT2D eigenvalue weighted by atomic mass is 32.2. The largest absolute Gasteiger partial charge is 0.325 e. The molecule has 0 heterocycles. The van der Waals surface area contributed by atoms with Crippen molar-refractivity contribution in [2.24, 2.45) is 0 Å². The molecule has 0 radical (unpaired) electrons. The lowest BCUT2D eigenvalue weighted by molar-refractivity contribution is -0.114. The average molecular weight is 256 g/mol. The van der Waals surface area contributed by atoms with Gasteiger partial charge < -0.3 is 5.32 Å². The SMILES string of the molecule is CCCS(=O)(=O)Nc1ccccc1NC(C)=O. The minimum absolute atomic E-state index is 0.0570. The van der Waals surface area contributed by atoms with Crippen molar-refractivity contribution in [2.45, 2.75) is 20.3 Å². The maximum atomic E-state index is 11.6. The summed E-state index contributed by atoms with van der Waals surface area (Å²) in [4.78, 5) is 11.0. The third kappa shape index (κ3) is 4.44. The lowest BCUT2D eigenvalue weighted by Crippen LogP contribution is -2.18. The summed E-state index contributed by atoms with van der Waals surface area (Å²) >= 11 is 0. The predicted molar refractivity (Wildman–Crippen MR) is 68.4 cm³/mol. The van der Waals surface area contributed by atoms with Crippen LogP contribution in [-0.4, -0.2) is 20.1 Å². The van der Waals surface area contributed by atoms with E-state index in [1.807, 2.05) is 0 Å². The monoisotopic (exact) mass is 256 g/mol. The molecule has 1 aromatic rings. The van der Waals surface area contributed by atoms with Crippen molar-refractivity contribution in [1.82, 2.24) is 0 Å². The van der Waals surface area contributed by atoms with E-state index in [9.17, 15) is 13.2 Å². The molecule has 17 heavy (non-hydrogen) atoms. The molecule has 0 aliphatic carbocycles. The van der Waals surface area contributed by atoms with Crippen molar-refractivity contribution < 1.29 is 13.2 Å². The first-order chi connectivity index (χ1) is 7.94. The molecule has 0 fully saturated rings. The second-order valence-corrected chi connectivity index (χ2v) is 5.49. The normalized spacial score (nSPS) is 10.9.